The largest absolute Gasteiger partial charge is 0.478 e. The molecular formula is C28H23FN2O4. The summed E-state index contributed by atoms with van der Waals surface area (Å²) in [7, 11) is 0. The van der Waals surface area contributed by atoms with Crippen LogP contribution < -0.4 is 0 Å². The molecule has 6 nitrogen and oxygen atoms in total. The number of carboxylic acid groups (broad SMARTS) is 1. The zero-order valence-corrected chi connectivity index (χ0v) is 18.9. The second kappa shape index (κ2) is 8.15. The number of benzene rings is 3. The van der Waals surface area contributed by atoms with Crippen molar-refractivity contribution in [1.82, 2.24) is 4.57 Å². The summed E-state index contributed by atoms with van der Waals surface area (Å²) in [6.07, 6.45) is 2.67. The Balaban J connectivity index is 1.72. The summed E-state index contributed by atoms with van der Waals surface area (Å²) in [6.45, 7) is 1.42. The maximum atomic E-state index is 13.9. The zero-order chi connectivity index (χ0) is 24.2. The molecule has 7 heteroatoms. The molecule has 6 rings (SSSR count). The molecule has 35 heavy (non-hydrogen) atoms. The molecular weight excluding hydrogens is 447 g/mol. The molecule has 0 aliphatic carbocycles. The second-order valence-corrected chi connectivity index (χ2v) is 9.10. The first-order chi connectivity index (χ1) is 16.9. The van der Waals surface area contributed by atoms with Gasteiger partial charge in [-0.1, -0.05) is 12.1 Å². The maximum absolute atomic E-state index is 13.9. The third kappa shape index (κ3) is 3.55. The monoisotopic (exact) mass is 470 g/mol. The zero-order valence-electron chi connectivity index (χ0n) is 18.9. The average Bonchev–Trinajstić information content (AvgIpc) is 3.46. The van der Waals surface area contributed by atoms with E-state index in [1.807, 2.05) is 10.8 Å². The van der Waals surface area contributed by atoms with Crippen LogP contribution >= 0.6 is 0 Å². The Bertz CT molecular complexity index is 1480. The van der Waals surface area contributed by atoms with Gasteiger partial charge in [0, 0.05) is 48.9 Å². The maximum Gasteiger partial charge on any atom is 0.335 e. The van der Waals surface area contributed by atoms with Crippen LogP contribution in [0.5, 0.6) is 0 Å². The molecule has 0 spiro atoms. The van der Waals surface area contributed by atoms with Crippen molar-refractivity contribution >= 4 is 23.1 Å². The lowest BCUT2D eigenvalue weighted by atomic mass is 9.85. The minimum absolute atomic E-state index is 0.191. The normalized spacial score (nSPS) is 16.5. The van der Waals surface area contributed by atoms with Crippen LogP contribution in [0.2, 0.25) is 0 Å². The van der Waals surface area contributed by atoms with E-state index < -0.39 is 11.6 Å². The highest BCUT2D eigenvalue weighted by atomic mass is 19.1. The fourth-order valence-electron chi connectivity index (χ4n) is 5.21. The number of halogens is 1. The Kier molecular flexibility index (Phi) is 5.05. The van der Waals surface area contributed by atoms with Crippen molar-refractivity contribution < 1.29 is 24.1 Å². The van der Waals surface area contributed by atoms with E-state index in [4.69, 9.17) is 4.74 Å². The fraction of sp³-hybridized carbons (Fsp3) is 0.214. The predicted molar refractivity (Wildman–Crippen MR) is 131 cm³/mol. The molecule has 2 aliphatic heterocycles. The number of hydrogen-bond donors (Lipinski definition) is 2. The quantitative estimate of drug-likeness (QED) is 0.436. The smallest absolute Gasteiger partial charge is 0.335 e. The number of aromatic nitrogens is 1. The molecule has 3 heterocycles. The number of ether oxygens (including phenoxy) is 1. The van der Waals surface area contributed by atoms with Crippen molar-refractivity contribution in [3.05, 3.63) is 88.9 Å². The molecule has 4 aromatic rings. The number of nitrogens with zero attached hydrogens (tertiary/aromatic N) is 2. The minimum Gasteiger partial charge on any atom is -0.478 e. The van der Waals surface area contributed by atoms with Gasteiger partial charge in [0.15, 0.2) is 0 Å². The highest BCUT2D eigenvalue weighted by molar-refractivity contribution is 6.03. The van der Waals surface area contributed by atoms with Gasteiger partial charge < -0.3 is 19.5 Å². The minimum atomic E-state index is -1.19. The van der Waals surface area contributed by atoms with Crippen molar-refractivity contribution in [1.29, 1.82) is 0 Å². The van der Waals surface area contributed by atoms with Gasteiger partial charge >= 0.3 is 5.97 Å². The van der Waals surface area contributed by atoms with Gasteiger partial charge in [-0.3, -0.25) is 4.99 Å². The number of fused-ring (bicyclic) bond motifs is 2. The molecule has 176 valence electrons. The van der Waals surface area contributed by atoms with Crippen molar-refractivity contribution in [3.63, 3.8) is 0 Å². The van der Waals surface area contributed by atoms with Gasteiger partial charge in [0.1, 0.15) is 11.4 Å². The van der Waals surface area contributed by atoms with E-state index in [9.17, 15) is 19.4 Å². The van der Waals surface area contributed by atoms with Crippen molar-refractivity contribution in [2.24, 2.45) is 4.99 Å². The van der Waals surface area contributed by atoms with Gasteiger partial charge in [0.25, 0.3) is 0 Å². The molecule has 2 aliphatic rings. The Labute approximate surface area is 200 Å². The van der Waals surface area contributed by atoms with Gasteiger partial charge in [-0.25, -0.2) is 9.18 Å². The number of aliphatic hydroxyl groups is 1. The fourth-order valence-corrected chi connectivity index (χ4v) is 5.21. The van der Waals surface area contributed by atoms with Crippen LogP contribution in [-0.4, -0.2) is 40.2 Å². The summed E-state index contributed by atoms with van der Waals surface area (Å²) in [5.74, 6) is -1.34. The molecule has 2 N–H and O–H groups in total. The number of rotatable bonds is 4. The third-order valence-electron chi connectivity index (χ3n) is 6.99. The lowest BCUT2D eigenvalue weighted by molar-refractivity contribution is -0.0708. The van der Waals surface area contributed by atoms with Crippen LogP contribution in [-0.2, 0) is 16.9 Å². The Morgan fingerprint density at radius 2 is 1.74 bits per heavy atom. The lowest BCUT2D eigenvalue weighted by Crippen LogP contribution is -2.35. The Hall–Kier alpha value is -3.81. The second-order valence-electron chi connectivity index (χ2n) is 9.10. The predicted octanol–water partition coefficient (Wildman–Crippen LogP) is 5.07. The molecule has 1 saturated heterocycles. The number of carbonyl (C=O) groups is 1. The van der Waals surface area contributed by atoms with E-state index in [-0.39, 0.29) is 11.4 Å². The van der Waals surface area contributed by atoms with Gasteiger partial charge in [0.2, 0.25) is 0 Å². The number of aliphatic imine (C=N–C) groups is 1. The van der Waals surface area contributed by atoms with Crippen molar-refractivity contribution in [2.45, 2.75) is 25.0 Å². The first-order valence-electron chi connectivity index (χ1n) is 11.6. The first kappa shape index (κ1) is 21.7. The molecule has 0 amide bonds. The summed E-state index contributed by atoms with van der Waals surface area (Å²) in [6, 6.07) is 17.1. The van der Waals surface area contributed by atoms with E-state index in [1.54, 1.807) is 36.4 Å². The lowest BCUT2D eigenvalue weighted by Gasteiger charge is -2.34. The number of carboxylic acids is 1. The van der Waals surface area contributed by atoms with E-state index in [0.29, 0.717) is 38.3 Å². The van der Waals surface area contributed by atoms with Crippen LogP contribution in [0.4, 0.5) is 4.39 Å². The summed E-state index contributed by atoms with van der Waals surface area (Å²) in [5.41, 5.74) is 5.04. The van der Waals surface area contributed by atoms with Crippen LogP contribution in [0.15, 0.2) is 65.7 Å². The molecule has 0 bridgehead atoms. The van der Waals surface area contributed by atoms with E-state index in [1.165, 1.54) is 12.1 Å². The summed E-state index contributed by atoms with van der Waals surface area (Å²) in [5, 5.41) is 22.4. The molecule has 0 atom stereocenters. The highest BCUT2D eigenvalue weighted by Gasteiger charge is 2.39. The number of aromatic carboxylic acids is 1. The third-order valence-corrected chi connectivity index (χ3v) is 6.99. The summed E-state index contributed by atoms with van der Waals surface area (Å²) >= 11 is 0. The van der Waals surface area contributed by atoms with Gasteiger partial charge in [-0.05, 0) is 65.2 Å². The summed E-state index contributed by atoms with van der Waals surface area (Å²) < 4.78 is 21.4. The molecule has 0 radical (unpaired) electrons. The molecule has 1 aromatic heterocycles. The van der Waals surface area contributed by atoms with Crippen LogP contribution in [0, 0.1) is 5.82 Å². The molecule has 0 unspecified atom stereocenters. The van der Waals surface area contributed by atoms with Gasteiger partial charge in [-0.15, -0.1) is 0 Å². The van der Waals surface area contributed by atoms with E-state index in [2.05, 4.69) is 17.1 Å². The SMILES string of the molecule is O=C(O)c1ccc(-c2c(C3(O)CCOCC3)n(-c3ccc(F)cc3)c3cc4c(cc23)CN=C4)cc1. The molecule has 3 aromatic carbocycles. The van der Waals surface area contributed by atoms with Gasteiger partial charge in [0.05, 0.1) is 23.3 Å². The Morgan fingerprint density at radius 3 is 2.43 bits per heavy atom. The standard InChI is InChI=1S/C28H23FN2O4/c29-21-5-7-22(8-6-21)31-24-14-20-16-30-15-19(20)13-23(24)25(17-1-3-18(4-2-17)27(32)33)26(31)28(34)9-11-35-12-10-28/h1-8,13-14,16,34H,9-12,15H2,(H,32,33). The topological polar surface area (TPSA) is 84.0 Å². The average molecular weight is 471 g/mol. The van der Waals surface area contributed by atoms with Crippen LogP contribution in [0.1, 0.15) is 40.0 Å². The van der Waals surface area contributed by atoms with Crippen LogP contribution in [0.25, 0.3) is 27.7 Å². The van der Waals surface area contributed by atoms with Gasteiger partial charge in [-0.2, -0.15) is 0 Å². The number of hydrogen-bond acceptors (Lipinski definition) is 4. The van der Waals surface area contributed by atoms with Crippen LogP contribution in [0.3, 0.4) is 0 Å². The first-order valence-corrected chi connectivity index (χ1v) is 11.6. The van der Waals surface area contributed by atoms with E-state index >= 15 is 0 Å². The summed E-state index contributed by atoms with van der Waals surface area (Å²) in [4.78, 5) is 15.9. The molecule has 0 saturated carbocycles. The molecule has 1 fully saturated rings. The van der Waals surface area contributed by atoms with Crippen molar-refractivity contribution in [3.8, 4) is 16.8 Å². The highest BCUT2D eigenvalue weighted by Crippen LogP contribution is 2.46. The van der Waals surface area contributed by atoms with Crippen molar-refractivity contribution in [2.75, 3.05) is 13.2 Å². The van der Waals surface area contributed by atoms with E-state index in [0.717, 1.165) is 38.8 Å². The Morgan fingerprint density at radius 1 is 1.03 bits per heavy atom.